The number of ketones is 1. The van der Waals surface area contributed by atoms with Crippen molar-refractivity contribution in [2.24, 2.45) is 0 Å². The van der Waals surface area contributed by atoms with Crippen LogP contribution in [0, 0.1) is 11.3 Å². The lowest BCUT2D eigenvalue weighted by Crippen LogP contribution is -2.31. The van der Waals surface area contributed by atoms with E-state index in [-0.39, 0.29) is 58.0 Å². The molecule has 0 saturated carbocycles. The van der Waals surface area contributed by atoms with Crippen molar-refractivity contribution in [3.63, 3.8) is 0 Å². The molecule has 3 unspecified atom stereocenters. The van der Waals surface area contributed by atoms with E-state index < -0.39 is 52.2 Å². The van der Waals surface area contributed by atoms with Gasteiger partial charge in [0.1, 0.15) is 18.0 Å². The van der Waals surface area contributed by atoms with E-state index in [0.29, 0.717) is 0 Å². The second-order valence-electron chi connectivity index (χ2n) is 6.29. The van der Waals surface area contributed by atoms with E-state index in [1.54, 1.807) is 0 Å². The molecule has 2 heterocycles. The Morgan fingerprint density at radius 2 is 2.07 bits per heavy atom. The molecule has 7 atom stereocenters. The third kappa shape index (κ3) is 8.08. The molecule has 0 amide bonds. The van der Waals surface area contributed by atoms with Gasteiger partial charge in [-0.3, -0.25) is 4.79 Å². The summed E-state index contributed by atoms with van der Waals surface area (Å²) in [7, 11) is -1.94. The molecule has 0 bridgehead atoms. The van der Waals surface area contributed by atoms with Crippen molar-refractivity contribution in [1.82, 2.24) is 0 Å². The monoisotopic (exact) mass is 422 g/mol. The maximum Gasteiger partial charge on any atom is 0.333 e. The van der Waals surface area contributed by atoms with Gasteiger partial charge in [0.05, 0.1) is 53.7 Å². The molecule has 0 aliphatic carbocycles. The number of rotatable bonds is 12. The van der Waals surface area contributed by atoms with Gasteiger partial charge >= 0.3 is 14.6 Å². The lowest BCUT2D eigenvalue weighted by molar-refractivity contribution is -0.153. The first-order valence-corrected chi connectivity index (χ1v) is 10.1. The van der Waals surface area contributed by atoms with Crippen LogP contribution in [0.15, 0.2) is 0 Å². The lowest BCUT2D eigenvalue weighted by atomic mass is 10.2. The van der Waals surface area contributed by atoms with Crippen LogP contribution in [0.5, 0.6) is 0 Å². The van der Waals surface area contributed by atoms with Gasteiger partial charge in [-0.15, -0.1) is 0 Å². The highest BCUT2D eigenvalue weighted by Crippen LogP contribution is 2.44. The molecule has 0 spiro atoms. The fourth-order valence-corrected chi connectivity index (χ4v) is 3.57. The summed E-state index contributed by atoms with van der Waals surface area (Å²) in [5.74, 6) is -0.665. The van der Waals surface area contributed by atoms with Gasteiger partial charge in [0.15, 0.2) is 0 Å². The summed E-state index contributed by atoms with van der Waals surface area (Å²) in [6.45, 7) is -0.376. The number of esters is 1. The summed E-state index contributed by atoms with van der Waals surface area (Å²) in [5, 5.41) is 8.72. The maximum atomic E-state index is 11.9. The van der Waals surface area contributed by atoms with Crippen LogP contribution in [0.3, 0.4) is 0 Å². The SMILES string of the molecule is [2H]C[C@H]1O[C@H]([3H])CC1OP(OCCC#N)OC[C@H]1O[C@H]([3H])CC1OC(=O)CCC(C)=O. The van der Waals surface area contributed by atoms with Gasteiger partial charge < -0.3 is 32.6 Å². The summed E-state index contributed by atoms with van der Waals surface area (Å²) in [5.41, 5.74) is 0. The van der Waals surface area contributed by atoms with Gasteiger partial charge in [-0.1, -0.05) is 0 Å². The number of carbonyl (C=O) groups excluding carboxylic acids is 2. The van der Waals surface area contributed by atoms with Crippen LogP contribution in [0.25, 0.3) is 0 Å². The Hall–Kier alpha value is -1.14. The summed E-state index contributed by atoms with van der Waals surface area (Å²) in [4.78, 5) is 23.0. The standard InChI is InChI=1S/C18H28NO8P/c1-13(20)4-5-18(21)26-16-7-11-23-17(16)12-25-28(24-9-3-8-19)27-15-6-10-22-14(15)2/h14-17H,3-7,9-12H2,1-2H3/t14-,15?,16?,17-,28?/m1/s1/i2D,10T,11T/t10-,11-,14-,15?,16?,17-,28?. The Labute approximate surface area is 170 Å². The zero-order valence-electron chi connectivity index (χ0n) is 18.8. The predicted molar refractivity (Wildman–Crippen MR) is 98.1 cm³/mol. The Balaban J connectivity index is 1.90. The van der Waals surface area contributed by atoms with Crippen molar-refractivity contribution in [2.75, 3.05) is 26.4 Å². The van der Waals surface area contributed by atoms with E-state index in [9.17, 15) is 9.59 Å². The summed E-state index contributed by atoms with van der Waals surface area (Å²) in [6, 6.07) is 1.95. The zero-order chi connectivity index (χ0) is 22.8. The van der Waals surface area contributed by atoms with Gasteiger partial charge in [-0.05, 0) is 20.2 Å². The molecule has 2 fully saturated rings. The first-order chi connectivity index (χ1) is 14.8. The van der Waals surface area contributed by atoms with Crippen LogP contribution in [-0.2, 0) is 37.4 Å². The van der Waals surface area contributed by atoms with E-state index in [1.165, 1.54) is 6.92 Å². The summed E-state index contributed by atoms with van der Waals surface area (Å²) < 4.78 is 56.2. The zero-order valence-corrected chi connectivity index (χ0v) is 16.7. The van der Waals surface area contributed by atoms with E-state index in [4.69, 9.17) is 37.2 Å². The molecule has 0 N–H and O–H groups in total. The van der Waals surface area contributed by atoms with E-state index in [1.807, 2.05) is 6.07 Å². The van der Waals surface area contributed by atoms with E-state index >= 15 is 0 Å². The number of nitriles is 1. The molecule has 0 aromatic rings. The molecule has 28 heavy (non-hydrogen) atoms. The Kier molecular flexibility index (Phi) is 8.37. The Morgan fingerprint density at radius 3 is 2.82 bits per heavy atom. The second kappa shape index (κ2) is 12.4. The number of ether oxygens (including phenoxy) is 3. The minimum Gasteiger partial charge on any atom is -0.459 e. The fraction of sp³-hybridized carbons (Fsp3) is 0.833. The van der Waals surface area contributed by atoms with Crippen molar-refractivity contribution in [1.29, 1.82) is 5.26 Å². The van der Waals surface area contributed by atoms with Gasteiger partial charge in [0.2, 0.25) is 0 Å². The molecule has 0 aromatic heterocycles. The molecular weight excluding hydrogens is 389 g/mol. The van der Waals surface area contributed by atoms with Crippen molar-refractivity contribution in [3.8, 4) is 6.07 Å². The van der Waals surface area contributed by atoms with Crippen molar-refractivity contribution < 1.29 is 41.5 Å². The van der Waals surface area contributed by atoms with E-state index in [2.05, 4.69) is 0 Å². The molecule has 2 aliphatic heterocycles. The van der Waals surface area contributed by atoms with Crippen LogP contribution in [0.4, 0.5) is 0 Å². The highest BCUT2D eigenvalue weighted by atomic mass is 31.2. The van der Waals surface area contributed by atoms with Crippen LogP contribution < -0.4 is 0 Å². The number of hydrogen-bond donors (Lipinski definition) is 0. The average Bonchev–Trinajstić information content (AvgIpc) is 3.25. The smallest absolute Gasteiger partial charge is 0.333 e. The molecule has 10 heteroatoms. The average molecular weight is 422 g/mol. The lowest BCUT2D eigenvalue weighted by Gasteiger charge is -2.24. The quantitative estimate of drug-likeness (QED) is 0.266. The largest absolute Gasteiger partial charge is 0.459 e. The highest BCUT2D eigenvalue weighted by molar-refractivity contribution is 7.41. The minimum atomic E-state index is -1.94. The van der Waals surface area contributed by atoms with Gasteiger partial charge in [-0.25, -0.2) is 0 Å². The molecule has 158 valence electrons. The van der Waals surface area contributed by atoms with Gasteiger partial charge in [0, 0.05) is 20.8 Å². The first kappa shape index (κ1) is 18.9. The van der Waals surface area contributed by atoms with Crippen LogP contribution in [-0.4, -0.2) is 62.5 Å². The molecular formula is C18H28NO8P. The van der Waals surface area contributed by atoms with Gasteiger partial charge in [0.25, 0.3) is 0 Å². The third-order valence-corrected chi connectivity index (χ3v) is 5.16. The third-order valence-electron chi connectivity index (χ3n) is 3.97. The van der Waals surface area contributed by atoms with Gasteiger partial charge in [-0.2, -0.15) is 5.26 Å². The second-order valence-corrected chi connectivity index (χ2v) is 7.46. The Morgan fingerprint density at radius 1 is 1.29 bits per heavy atom. The summed E-state index contributed by atoms with van der Waals surface area (Å²) in [6.07, 6.45) is -1.95. The molecule has 2 rings (SSSR count). The van der Waals surface area contributed by atoms with Crippen LogP contribution in [0.2, 0.25) is 0 Å². The number of carbonyl (C=O) groups is 2. The molecule has 2 saturated heterocycles. The van der Waals surface area contributed by atoms with Crippen LogP contribution >= 0.6 is 8.60 Å². The molecule has 9 nitrogen and oxygen atoms in total. The minimum absolute atomic E-state index is 0.0420. The molecule has 0 aromatic carbocycles. The van der Waals surface area contributed by atoms with Crippen molar-refractivity contribution >= 4 is 20.4 Å². The highest BCUT2D eigenvalue weighted by Gasteiger charge is 2.35. The number of hydrogen-bond acceptors (Lipinski definition) is 9. The summed E-state index contributed by atoms with van der Waals surface area (Å²) >= 11 is 0. The molecule has 0 radical (unpaired) electrons. The maximum absolute atomic E-state index is 11.9. The first-order valence-electron chi connectivity index (χ1n) is 10.9. The van der Waals surface area contributed by atoms with Crippen LogP contribution in [0.1, 0.15) is 50.0 Å². The van der Waals surface area contributed by atoms with E-state index in [0.717, 1.165) is 0 Å². The predicted octanol–water partition coefficient (Wildman–Crippen LogP) is 2.42. The number of Topliss-reactive ketones (excluding diaryl/α,β-unsaturated/α-hetero) is 1. The fourth-order valence-electron chi connectivity index (χ4n) is 2.42. The number of nitrogens with zero attached hydrogens (tertiary/aromatic N) is 1. The Bertz CT molecular complexity index is 639. The van der Waals surface area contributed by atoms with Crippen molar-refractivity contribution in [3.05, 3.63) is 0 Å². The van der Waals surface area contributed by atoms with Crippen molar-refractivity contribution in [2.45, 2.75) is 70.3 Å². The topological polar surface area (TPSA) is 113 Å². The molecule has 2 aliphatic rings. The normalized spacial score (nSPS) is 34.8.